The number of hydrogen-bond acceptors (Lipinski definition) is 4. The highest BCUT2D eigenvalue weighted by Gasteiger charge is 2.16. The van der Waals surface area contributed by atoms with Gasteiger partial charge < -0.3 is 14.8 Å². The molecular weight excluding hydrogens is 286 g/mol. The molecule has 1 aromatic heterocycles. The van der Waals surface area contributed by atoms with Gasteiger partial charge in [-0.2, -0.15) is 0 Å². The summed E-state index contributed by atoms with van der Waals surface area (Å²) in [5.74, 6) is 1.47. The summed E-state index contributed by atoms with van der Waals surface area (Å²) < 4.78 is 11.3. The minimum atomic E-state index is -0.0863. The predicted molar refractivity (Wildman–Crippen MR) is 82.2 cm³/mol. The van der Waals surface area contributed by atoms with E-state index in [2.05, 4.69) is 5.32 Å². The molecule has 0 bridgehead atoms. The molecule has 1 aliphatic rings. The summed E-state index contributed by atoms with van der Waals surface area (Å²) in [6.45, 7) is 3.30. The largest absolute Gasteiger partial charge is 0.490 e. The first-order valence-corrected chi connectivity index (χ1v) is 7.86. The lowest BCUT2D eigenvalue weighted by Crippen LogP contribution is -2.25. The van der Waals surface area contributed by atoms with Crippen LogP contribution >= 0.6 is 11.3 Å². The standard InChI is InChI=1S/C16H17NO3S/c1-11(17-16(18)15-4-2-9-21-15)12-5-6-13-14(10-12)20-8-3-7-19-13/h2,4-6,9-11H,3,7-8H2,1H3,(H,17,18)/t11-/m0/s1. The van der Waals surface area contributed by atoms with Crippen LogP contribution in [0.2, 0.25) is 0 Å². The minimum absolute atomic E-state index is 0.0513. The lowest BCUT2D eigenvalue weighted by Gasteiger charge is -2.16. The molecule has 0 aliphatic carbocycles. The molecule has 3 rings (SSSR count). The number of fused-ring (bicyclic) bond motifs is 1. The zero-order chi connectivity index (χ0) is 14.7. The van der Waals surface area contributed by atoms with E-state index in [4.69, 9.17) is 9.47 Å². The molecule has 0 radical (unpaired) electrons. The van der Waals surface area contributed by atoms with E-state index in [1.54, 1.807) is 0 Å². The molecule has 4 nitrogen and oxygen atoms in total. The highest BCUT2D eigenvalue weighted by Crippen LogP contribution is 2.32. The van der Waals surface area contributed by atoms with Gasteiger partial charge in [0, 0.05) is 6.42 Å². The van der Waals surface area contributed by atoms with Crippen LogP contribution in [0.15, 0.2) is 35.7 Å². The number of amides is 1. The third-order valence-corrected chi connectivity index (χ3v) is 4.23. The smallest absolute Gasteiger partial charge is 0.261 e. The summed E-state index contributed by atoms with van der Waals surface area (Å²) in [6, 6.07) is 9.42. The summed E-state index contributed by atoms with van der Waals surface area (Å²) in [5, 5.41) is 4.89. The number of rotatable bonds is 3. The normalized spacial score (nSPS) is 15.1. The summed E-state index contributed by atoms with van der Waals surface area (Å²) >= 11 is 1.44. The van der Waals surface area contributed by atoms with Crippen molar-refractivity contribution in [1.82, 2.24) is 5.32 Å². The van der Waals surface area contributed by atoms with Gasteiger partial charge in [-0.25, -0.2) is 0 Å². The lowest BCUT2D eigenvalue weighted by molar-refractivity contribution is 0.0944. The highest BCUT2D eigenvalue weighted by molar-refractivity contribution is 7.12. The van der Waals surface area contributed by atoms with Gasteiger partial charge in [0.05, 0.1) is 24.1 Å². The van der Waals surface area contributed by atoms with E-state index in [1.807, 2.05) is 42.6 Å². The van der Waals surface area contributed by atoms with Crippen molar-refractivity contribution in [3.05, 3.63) is 46.2 Å². The van der Waals surface area contributed by atoms with Crippen LogP contribution in [0.4, 0.5) is 0 Å². The molecule has 1 aliphatic heterocycles. The maximum Gasteiger partial charge on any atom is 0.261 e. The fourth-order valence-corrected chi connectivity index (χ4v) is 2.83. The molecule has 0 saturated carbocycles. The quantitative estimate of drug-likeness (QED) is 0.945. The maximum absolute atomic E-state index is 12.1. The molecule has 0 spiro atoms. The summed E-state index contributed by atoms with van der Waals surface area (Å²) in [5.41, 5.74) is 1.00. The van der Waals surface area contributed by atoms with Crippen molar-refractivity contribution < 1.29 is 14.3 Å². The Bertz CT molecular complexity index is 624. The fourth-order valence-electron chi connectivity index (χ4n) is 2.21. The Labute approximate surface area is 127 Å². The molecule has 0 saturated heterocycles. The lowest BCUT2D eigenvalue weighted by atomic mass is 10.1. The topological polar surface area (TPSA) is 47.6 Å². The van der Waals surface area contributed by atoms with Crippen LogP contribution in [-0.2, 0) is 0 Å². The van der Waals surface area contributed by atoms with Gasteiger partial charge in [-0.15, -0.1) is 11.3 Å². The van der Waals surface area contributed by atoms with Crippen LogP contribution < -0.4 is 14.8 Å². The zero-order valence-corrected chi connectivity index (χ0v) is 12.6. The van der Waals surface area contributed by atoms with E-state index in [-0.39, 0.29) is 11.9 Å². The Morgan fingerprint density at radius 1 is 1.24 bits per heavy atom. The van der Waals surface area contributed by atoms with Gasteiger partial charge in [0.1, 0.15) is 0 Å². The Hall–Kier alpha value is -2.01. The summed E-state index contributed by atoms with van der Waals surface area (Å²) in [6.07, 6.45) is 0.884. The number of nitrogens with one attached hydrogen (secondary N) is 1. The van der Waals surface area contributed by atoms with Crippen LogP contribution in [0.3, 0.4) is 0 Å². The Morgan fingerprint density at radius 2 is 2.05 bits per heavy atom. The van der Waals surface area contributed by atoms with Crippen LogP contribution in [0.5, 0.6) is 11.5 Å². The molecule has 110 valence electrons. The minimum Gasteiger partial charge on any atom is -0.490 e. The second-order valence-electron chi connectivity index (χ2n) is 4.93. The molecule has 1 atom stereocenters. The molecule has 0 fully saturated rings. The predicted octanol–water partition coefficient (Wildman–Crippen LogP) is 3.40. The monoisotopic (exact) mass is 303 g/mol. The van der Waals surface area contributed by atoms with Gasteiger partial charge >= 0.3 is 0 Å². The van der Waals surface area contributed by atoms with Crippen molar-refractivity contribution >= 4 is 17.2 Å². The molecule has 2 aromatic rings. The number of carbonyl (C=O) groups is 1. The molecule has 0 unspecified atom stereocenters. The van der Waals surface area contributed by atoms with Crippen molar-refractivity contribution in [1.29, 1.82) is 0 Å². The summed E-state index contributed by atoms with van der Waals surface area (Å²) in [4.78, 5) is 12.8. The van der Waals surface area contributed by atoms with Crippen LogP contribution in [0.1, 0.15) is 34.6 Å². The third-order valence-electron chi connectivity index (χ3n) is 3.36. The van der Waals surface area contributed by atoms with Crippen molar-refractivity contribution in [2.24, 2.45) is 0 Å². The van der Waals surface area contributed by atoms with Crippen molar-refractivity contribution in [3.63, 3.8) is 0 Å². The highest BCUT2D eigenvalue weighted by atomic mass is 32.1. The SMILES string of the molecule is C[C@H](NC(=O)c1cccs1)c1ccc2c(c1)OCCCO2. The second kappa shape index (κ2) is 6.18. The number of ether oxygens (including phenoxy) is 2. The third kappa shape index (κ3) is 3.19. The molecule has 1 aromatic carbocycles. The average Bonchev–Trinajstić information content (AvgIpc) is 2.92. The first-order chi connectivity index (χ1) is 10.2. The van der Waals surface area contributed by atoms with E-state index in [1.165, 1.54) is 11.3 Å². The van der Waals surface area contributed by atoms with Gasteiger partial charge in [0.25, 0.3) is 5.91 Å². The van der Waals surface area contributed by atoms with Crippen LogP contribution in [0, 0.1) is 0 Å². The first-order valence-electron chi connectivity index (χ1n) is 6.98. The van der Waals surface area contributed by atoms with Crippen molar-refractivity contribution in [3.8, 4) is 11.5 Å². The first kappa shape index (κ1) is 13.9. The van der Waals surface area contributed by atoms with Gasteiger partial charge in [-0.3, -0.25) is 4.79 Å². The summed E-state index contributed by atoms with van der Waals surface area (Å²) in [7, 11) is 0. The van der Waals surface area contributed by atoms with Gasteiger partial charge in [-0.05, 0) is 36.1 Å². The van der Waals surface area contributed by atoms with E-state index in [0.29, 0.717) is 13.2 Å². The van der Waals surface area contributed by atoms with Crippen molar-refractivity contribution in [2.75, 3.05) is 13.2 Å². The number of carbonyl (C=O) groups excluding carboxylic acids is 1. The Balaban J connectivity index is 1.74. The van der Waals surface area contributed by atoms with E-state index in [0.717, 1.165) is 28.4 Å². The average molecular weight is 303 g/mol. The van der Waals surface area contributed by atoms with Crippen LogP contribution in [0.25, 0.3) is 0 Å². The number of thiophene rings is 1. The van der Waals surface area contributed by atoms with E-state index < -0.39 is 0 Å². The van der Waals surface area contributed by atoms with Gasteiger partial charge in [0.2, 0.25) is 0 Å². The van der Waals surface area contributed by atoms with Crippen LogP contribution in [-0.4, -0.2) is 19.1 Å². The molecule has 5 heteroatoms. The molecule has 21 heavy (non-hydrogen) atoms. The van der Waals surface area contributed by atoms with Crippen molar-refractivity contribution in [2.45, 2.75) is 19.4 Å². The van der Waals surface area contributed by atoms with E-state index in [9.17, 15) is 4.79 Å². The fraction of sp³-hybridized carbons (Fsp3) is 0.312. The number of hydrogen-bond donors (Lipinski definition) is 1. The molecular formula is C16H17NO3S. The number of benzene rings is 1. The molecule has 2 heterocycles. The molecule has 1 amide bonds. The van der Waals surface area contributed by atoms with E-state index >= 15 is 0 Å². The molecule has 1 N–H and O–H groups in total. The van der Waals surface area contributed by atoms with Gasteiger partial charge in [-0.1, -0.05) is 12.1 Å². The Kier molecular flexibility index (Phi) is 4.10. The maximum atomic E-state index is 12.1. The Morgan fingerprint density at radius 3 is 2.81 bits per heavy atom. The zero-order valence-electron chi connectivity index (χ0n) is 11.8. The van der Waals surface area contributed by atoms with Gasteiger partial charge in [0.15, 0.2) is 11.5 Å². The second-order valence-corrected chi connectivity index (χ2v) is 5.88.